The van der Waals surface area contributed by atoms with Gasteiger partial charge in [0, 0.05) is 29.8 Å². The molecule has 1 aromatic heterocycles. The van der Waals surface area contributed by atoms with Gasteiger partial charge in [0.05, 0.1) is 0 Å². The van der Waals surface area contributed by atoms with Crippen LogP contribution >= 0.6 is 0 Å². The number of para-hydroxylation sites is 1. The first-order chi connectivity index (χ1) is 8.66. The van der Waals surface area contributed by atoms with Gasteiger partial charge in [-0.15, -0.1) is 0 Å². The number of aryl methyl sites for hydroxylation is 1. The van der Waals surface area contributed by atoms with Crippen LogP contribution in [-0.2, 0) is 6.54 Å². The Hall–Kier alpha value is -1.28. The van der Waals surface area contributed by atoms with Crippen LogP contribution in [0.15, 0.2) is 30.3 Å². The van der Waals surface area contributed by atoms with Crippen LogP contribution in [0.5, 0.6) is 0 Å². The minimum Gasteiger partial charge on any atom is -0.343 e. The molecule has 1 saturated heterocycles. The maximum atomic E-state index is 2.54. The van der Waals surface area contributed by atoms with Gasteiger partial charge >= 0.3 is 0 Å². The predicted octanol–water partition coefficient (Wildman–Crippen LogP) is 3.43. The summed E-state index contributed by atoms with van der Waals surface area (Å²) in [5.41, 5.74) is 2.76. The molecule has 2 aromatic rings. The minimum atomic E-state index is 0.689. The van der Waals surface area contributed by atoms with E-state index in [0.29, 0.717) is 6.04 Å². The zero-order valence-corrected chi connectivity index (χ0v) is 11.6. The van der Waals surface area contributed by atoms with Crippen molar-refractivity contribution in [2.75, 3.05) is 7.05 Å². The van der Waals surface area contributed by atoms with Gasteiger partial charge in [0.15, 0.2) is 0 Å². The molecule has 0 aliphatic carbocycles. The molecular weight excluding hydrogens is 220 g/mol. The monoisotopic (exact) mass is 242 g/mol. The number of rotatable bonds is 2. The van der Waals surface area contributed by atoms with E-state index in [1.165, 1.54) is 29.4 Å². The lowest BCUT2D eigenvalue weighted by molar-refractivity contribution is 0.234. The SMILES string of the molecule is Cc1cc2ccccc2n1CC1CCC(C)N1C. The molecular formula is C16H22N2. The van der Waals surface area contributed by atoms with Crippen LogP contribution < -0.4 is 0 Å². The van der Waals surface area contributed by atoms with E-state index in [-0.39, 0.29) is 0 Å². The smallest absolute Gasteiger partial charge is 0.0482 e. The molecule has 3 rings (SSSR count). The van der Waals surface area contributed by atoms with E-state index in [4.69, 9.17) is 0 Å². The zero-order chi connectivity index (χ0) is 12.7. The third-order valence-corrected chi connectivity index (χ3v) is 4.60. The van der Waals surface area contributed by atoms with E-state index in [0.717, 1.165) is 12.6 Å². The van der Waals surface area contributed by atoms with Gasteiger partial charge in [-0.1, -0.05) is 18.2 Å². The highest BCUT2D eigenvalue weighted by Crippen LogP contribution is 2.26. The summed E-state index contributed by atoms with van der Waals surface area (Å²) in [4.78, 5) is 2.54. The van der Waals surface area contributed by atoms with Crippen molar-refractivity contribution < 1.29 is 0 Å². The number of fused-ring (bicyclic) bond motifs is 1. The van der Waals surface area contributed by atoms with E-state index < -0.39 is 0 Å². The molecule has 0 amide bonds. The summed E-state index contributed by atoms with van der Waals surface area (Å²) in [6, 6.07) is 12.4. The van der Waals surface area contributed by atoms with Gasteiger partial charge in [0.25, 0.3) is 0 Å². The Balaban J connectivity index is 1.93. The molecule has 1 aromatic carbocycles. The molecule has 18 heavy (non-hydrogen) atoms. The first kappa shape index (κ1) is 11.8. The summed E-state index contributed by atoms with van der Waals surface area (Å²) in [6.45, 7) is 5.68. The fourth-order valence-corrected chi connectivity index (χ4v) is 3.22. The van der Waals surface area contributed by atoms with Crippen molar-refractivity contribution in [3.05, 3.63) is 36.0 Å². The van der Waals surface area contributed by atoms with Crippen LogP contribution in [0.4, 0.5) is 0 Å². The zero-order valence-electron chi connectivity index (χ0n) is 11.6. The lowest BCUT2D eigenvalue weighted by Crippen LogP contribution is -2.33. The van der Waals surface area contributed by atoms with Crippen LogP contribution in [0.3, 0.4) is 0 Å². The van der Waals surface area contributed by atoms with Crippen molar-refractivity contribution in [1.29, 1.82) is 0 Å². The molecule has 0 spiro atoms. The van der Waals surface area contributed by atoms with Gasteiger partial charge < -0.3 is 4.57 Å². The van der Waals surface area contributed by atoms with Gasteiger partial charge in [-0.05, 0) is 51.3 Å². The molecule has 0 saturated carbocycles. The Morgan fingerprint density at radius 3 is 2.72 bits per heavy atom. The van der Waals surface area contributed by atoms with Crippen molar-refractivity contribution in [3.8, 4) is 0 Å². The number of aromatic nitrogens is 1. The van der Waals surface area contributed by atoms with E-state index in [2.05, 4.69) is 60.7 Å². The lowest BCUT2D eigenvalue weighted by atomic mass is 10.2. The van der Waals surface area contributed by atoms with Gasteiger partial charge in [-0.3, -0.25) is 4.90 Å². The van der Waals surface area contributed by atoms with Crippen LogP contribution in [0.2, 0.25) is 0 Å². The Morgan fingerprint density at radius 1 is 1.22 bits per heavy atom. The first-order valence-corrected chi connectivity index (χ1v) is 6.93. The van der Waals surface area contributed by atoms with Crippen LogP contribution in [0.25, 0.3) is 10.9 Å². The van der Waals surface area contributed by atoms with Crippen LogP contribution in [-0.4, -0.2) is 28.6 Å². The second kappa shape index (κ2) is 4.43. The van der Waals surface area contributed by atoms with Gasteiger partial charge in [-0.25, -0.2) is 0 Å². The highest BCUT2D eigenvalue weighted by Gasteiger charge is 2.27. The molecule has 0 bridgehead atoms. The number of likely N-dealkylation sites (tertiary alicyclic amines) is 1. The van der Waals surface area contributed by atoms with Crippen molar-refractivity contribution in [2.45, 2.75) is 45.3 Å². The molecule has 0 radical (unpaired) electrons. The van der Waals surface area contributed by atoms with Crippen molar-refractivity contribution in [1.82, 2.24) is 9.47 Å². The van der Waals surface area contributed by atoms with E-state index in [1.54, 1.807) is 0 Å². The van der Waals surface area contributed by atoms with E-state index >= 15 is 0 Å². The quantitative estimate of drug-likeness (QED) is 0.783. The molecule has 2 atom stereocenters. The first-order valence-electron chi connectivity index (χ1n) is 6.93. The lowest BCUT2D eigenvalue weighted by Gasteiger charge is -2.24. The Morgan fingerprint density at radius 2 is 2.00 bits per heavy atom. The van der Waals surface area contributed by atoms with Crippen molar-refractivity contribution in [2.24, 2.45) is 0 Å². The molecule has 2 nitrogen and oxygen atoms in total. The Labute approximate surface area is 109 Å². The van der Waals surface area contributed by atoms with Gasteiger partial charge in [0.1, 0.15) is 0 Å². The third kappa shape index (κ3) is 1.85. The molecule has 96 valence electrons. The highest BCUT2D eigenvalue weighted by molar-refractivity contribution is 5.81. The number of hydrogen-bond acceptors (Lipinski definition) is 1. The van der Waals surface area contributed by atoms with E-state index in [9.17, 15) is 0 Å². The second-order valence-electron chi connectivity index (χ2n) is 5.70. The summed E-state index contributed by atoms with van der Waals surface area (Å²) >= 11 is 0. The Bertz CT molecular complexity index is 555. The third-order valence-electron chi connectivity index (χ3n) is 4.60. The molecule has 2 heterocycles. The number of likely N-dealkylation sites (N-methyl/N-ethyl adjacent to an activating group) is 1. The van der Waals surface area contributed by atoms with Crippen molar-refractivity contribution in [3.63, 3.8) is 0 Å². The van der Waals surface area contributed by atoms with Crippen LogP contribution in [0.1, 0.15) is 25.5 Å². The molecule has 1 aliphatic heterocycles. The summed E-state index contributed by atoms with van der Waals surface area (Å²) in [5, 5.41) is 1.36. The van der Waals surface area contributed by atoms with Gasteiger partial charge in [-0.2, -0.15) is 0 Å². The van der Waals surface area contributed by atoms with Crippen molar-refractivity contribution >= 4 is 10.9 Å². The summed E-state index contributed by atoms with van der Waals surface area (Å²) in [5.74, 6) is 0. The molecule has 1 aliphatic rings. The maximum absolute atomic E-state index is 2.54. The molecule has 1 fully saturated rings. The molecule has 0 N–H and O–H groups in total. The largest absolute Gasteiger partial charge is 0.343 e. The summed E-state index contributed by atoms with van der Waals surface area (Å²) < 4.78 is 2.48. The maximum Gasteiger partial charge on any atom is 0.0482 e. The van der Waals surface area contributed by atoms with E-state index in [1.807, 2.05) is 0 Å². The fraction of sp³-hybridized carbons (Fsp3) is 0.500. The number of benzene rings is 1. The van der Waals surface area contributed by atoms with Crippen LogP contribution in [0, 0.1) is 6.92 Å². The molecule has 2 heteroatoms. The average molecular weight is 242 g/mol. The highest BCUT2D eigenvalue weighted by atomic mass is 15.2. The number of nitrogens with zero attached hydrogens (tertiary/aromatic N) is 2. The fourth-order valence-electron chi connectivity index (χ4n) is 3.22. The number of hydrogen-bond donors (Lipinski definition) is 0. The van der Waals surface area contributed by atoms with Gasteiger partial charge in [0.2, 0.25) is 0 Å². The topological polar surface area (TPSA) is 8.17 Å². The Kier molecular flexibility index (Phi) is 2.90. The average Bonchev–Trinajstić information content (AvgIpc) is 2.85. The normalized spacial score (nSPS) is 25.1. The summed E-state index contributed by atoms with van der Waals surface area (Å²) in [7, 11) is 2.27. The molecule has 2 unspecified atom stereocenters. The summed E-state index contributed by atoms with van der Waals surface area (Å²) in [6.07, 6.45) is 2.66. The second-order valence-corrected chi connectivity index (χ2v) is 5.70. The predicted molar refractivity (Wildman–Crippen MR) is 76.9 cm³/mol. The minimum absolute atomic E-state index is 0.689. The standard InChI is InChI=1S/C16H22N2/c1-12-8-9-15(17(12)3)11-18-13(2)10-14-6-4-5-7-16(14)18/h4-7,10,12,15H,8-9,11H2,1-3H3.